The normalized spacial score (nSPS) is 11.1. The number of aryl methyl sites for hydroxylation is 2. The van der Waals surface area contributed by atoms with Crippen molar-refractivity contribution in [2.45, 2.75) is 53.1 Å². The van der Waals surface area contributed by atoms with E-state index in [9.17, 15) is 0 Å². The van der Waals surface area contributed by atoms with Crippen LogP contribution in [0.4, 0.5) is 5.69 Å². The molecule has 1 N–H and O–H groups in total. The number of nitrogens with one attached hydrogen (secondary N) is 1. The molecule has 4 heteroatoms. The van der Waals surface area contributed by atoms with Gasteiger partial charge in [-0.1, -0.05) is 32.9 Å². The third-order valence-corrected chi connectivity index (χ3v) is 4.62. The quantitative estimate of drug-likeness (QED) is 0.798. The van der Waals surface area contributed by atoms with E-state index in [0.29, 0.717) is 5.92 Å². The summed E-state index contributed by atoms with van der Waals surface area (Å²) in [6.45, 7) is 10.4. The van der Waals surface area contributed by atoms with Gasteiger partial charge in [0.1, 0.15) is 0 Å². The van der Waals surface area contributed by atoms with E-state index in [4.69, 9.17) is 0 Å². The Labute approximate surface area is 135 Å². The van der Waals surface area contributed by atoms with Gasteiger partial charge in [0.15, 0.2) is 0 Å². The molecule has 0 atom stereocenters. The highest BCUT2D eigenvalue weighted by Crippen LogP contribution is 2.24. The maximum absolute atomic E-state index is 4.63. The van der Waals surface area contributed by atoms with Crippen LogP contribution < -0.4 is 5.32 Å². The zero-order valence-corrected chi connectivity index (χ0v) is 14.9. The highest BCUT2D eigenvalue weighted by Gasteiger charge is 2.13. The van der Waals surface area contributed by atoms with E-state index in [1.807, 2.05) is 0 Å². The topological polar surface area (TPSA) is 29.9 Å². The summed E-state index contributed by atoms with van der Waals surface area (Å²) in [6.07, 6.45) is 0.948. The van der Waals surface area contributed by atoms with Crippen LogP contribution in [-0.4, -0.2) is 9.78 Å². The molecule has 2 rings (SSSR count). The Bertz CT molecular complexity index is 602. The molecule has 1 aromatic carbocycles. The van der Waals surface area contributed by atoms with Crippen LogP contribution >= 0.6 is 15.9 Å². The van der Waals surface area contributed by atoms with Crippen molar-refractivity contribution in [3.8, 4) is 0 Å². The molecule has 0 spiro atoms. The molecule has 0 fully saturated rings. The van der Waals surface area contributed by atoms with E-state index in [-0.39, 0.29) is 0 Å². The van der Waals surface area contributed by atoms with Crippen LogP contribution in [0.1, 0.15) is 50.6 Å². The third kappa shape index (κ3) is 3.67. The van der Waals surface area contributed by atoms with Crippen LogP contribution in [0.3, 0.4) is 0 Å². The summed E-state index contributed by atoms with van der Waals surface area (Å²) in [7, 11) is 0. The highest BCUT2D eigenvalue weighted by atomic mass is 79.9. The van der Waals surface area contributed by atoms with Crippen molar-refractivity contribution < 1.29 is 0 Å². The minimum absolute atomic E-state index is 0.548. The fraction of sp³-hybridized carbons (Fsp3) is 0.471. The van der Waals surface area contributed by atoms with Crippen molar-refractivity contribution in [2.75, 3.05) is 5.32 Å². The molecule has 114 valence electrons. The number of halogens is 1. The lowest BCUT2D eigenvalue weighted by molar-refractivity contribution is 0.619. The molecular formula is C17H24BrN3. The lowest BCUT2D eigenvalue weighted by atomic mass is 10.0. The lowest BCUT2D eigenvalue weighted by Crippen LogP contribution is -2.08. The van der Waals surface area contributed by atoms with Gasteiger partial charge in [-0.3, -0.25) is 4.68 Å². The van der Waals surface area contributed by atoms with E-state index in [1.54, 1.807) is 0 Å². The van der Waals surface area contributed by atoms with Gasteiger partial charge in [0, 0.05) is 12.2 Å². The van der Waals surface area contributed by atoms with E-state index in [2.05, 4.69) is 83.0 Å². The van der Waals surface area contributed by atoms with Gasteiger partial charge in [0.05, 0.1) is 22.4 Å². The summed E-state index contributed by atoms with van der Waals surface area (Å²) < 4.78 is 3.21. The van der Waals surface area contributed by atoms with Crippen molar-refractivity contribution in [1.29, 1.82) is 0 Å². The molecule has 1 heterocycles. The van der Waals surface area contributed by atoms with Crippen molar-refractivity contribution in [1.82, 2.24) is 9.78 Å². The average molecular weight is 350 g/mol. The number of hydrogen-bond acceptors (Lipinski definition) is 2. The first-order valence-corrected chi connectivity index (χ1v) is 8.44. The minimum Gasteiger partial charge on any atom is -0.379 e. The second-order valence-electron chi connectivity index (χ2n) is 5.51. The fourth-order valence-corrected chi connectivity index (χ4v) is 3.08. The zero-order valence-electron chi connectivity index (χ0n) is 13.3. The molecule has 21 heavy (non-hydrogen) atoms. The highest BCUT2D eigenvalue weighted by molar-refractivity contribution is 9.10. The molecule has 0 aliphatic carbocycles. The first-order valence-electron chi connectivity index (χ1n) is 7.64. The number of aromatic nitrogens is 2. The molecule has 0 saturated carbocycles. The second kappa shape index (κ2) is 7.12. The standard InChI is InChI=1S/C17H24BrN3/c1-5-15-17(18)16(21(6-2)20-15)11-19-14-9-7-8-13(10-14)12(3)4/h7-10,12,19H,5-6,11H2,1-4H3. The van der Waals surface area contributed by atoms with Crippen LogP contribution in [0, 0.1) is 0 Å². The van der Waals surface area contributed by atoms with Gasteiger partial charge in [-0.2, -0.15) is 5.10 Å². The zero-order chi connectivity index (χ0) is 15.4. The molecule has 2 aromatic rings. The number of benzene rings is 1. The Morgan fingerprint density at radius 3 is 2.67 bits per heavy atom. The number of anilines is 1. The van der Waals surface area contributed by atoms with Gasteiger partial charge < -0.3 is 5.32 Å². The van der Waals surface area contributed by atoms with Crippen LogP contribution in [0.15, 0.2) is 28.7 Å². The van der Waals surface area contributed by atoms with E-state index in [0.717, 1.165) is 35.4 Å². The fourth-order valence-electron chi connectivity index (χ4n) is 2.38. The molecular weight excluding hydrogens is 326 g/mol. The van der Waals surface area contributed by atoms with Crippen LogP contribution in [-0.2, 0) is 19.5 Å². The summed E-state index contributed by atoms with van der Waals surface area (Å²) in [5.41, 5.74) is 4.86. The Kier molecular flexibility index (Phi) is 5.45. The van der Waals surface area contributed by atoms with Crippen molar-refractivity contribution in [3.05, 3.63) is 45.7 Å². The van der Waals surface area contributed by atoms with Gasteiger partial charge in [-0.05, 0) is 52.9 Å². The SMILES string of the molecule is CCc1nn(CC)c(CNc2cccc(C(C)C)c2)c1Br. The van der Waals surface area contributed by atoms with Crippen LogP contribution in [0.25, 0.3) is 0 Å². The maximum Gasteiger partial charge on any atom is 0.0767 e. The molecule has 0 aliphatic rings. The maximum atomic E-state index is 4.63. The monoisotopic (exact) mass is 349 g/mol. The molecule has 3 nitrogen and oxygen atoms in total. The van der Waals surface area contributed by atoms with E-state index in [1.165, 1.54) is 11.3 Å². The van der Waals surface area contributed by atoms with E-state index >= 15 is 0 Å². The lowest BCUT2D eigenvalue weighted by Gasteiger charge is -2.11. The number of hydrogen-bond donors (Lipinski definition) is 1. The number of nitrogens with zero attached hydrogens (tertiary/aromatic N) is 2. The summed E-state index contributed by atoms with van der Waals surface area (Å²) in [5, 5.41) is 8.15. The average Bonchev–Trinajstić information content (AvgIpc) is 2.81. The number of rotatable bonds is 6. The first-order chi connectivity index (χ1) is 10.1. The van der Waals surface area contributed by atoms with Gasteiger partial charge in [0.25, 0.3) is 0 Å². The van der Waals surface area contributed by atoms with Gasteiger partial charge in [0.2, 0.25) is 0 Å². The Morgan fingerprint density at radius 1 is 1.29 bits per heavy atom. The molecule has 0 amide bonds. The molecule has 0 saturated heterocycles. The smallest absolute Gasteiger partial charge is 0.0767 e. The van der Waals surface area contributed by atoms with Crippen molar-refractivity contribution in [2.24, 2.45) is 0 Å². The van der Waals surface area contributed by atoms with Crippen LogP contribution in [0.5, 0.6) is 0 Å². The second-order valence-corrected chi connectivity index (χ2v) is 6.30. The summed E-state index contributed by atoms with van der Waals surface area (Å²) in [6, 6.07) is 8.64. The molecule has 0 bridgehead atoms. The first kappa shape index (κ1) is 16.1. The molecule has 0 unspecified atom stereocenters. The Balaban J connectivity index is 2.16. The largest absolute Gasteiger partial charge is 0.379 e. The Morgan fingerprint density at radius 2 is 2.05 bits per heavy atom. The predicted octanol–water partition coefficient (Wildman–Crippen LogP) is 4.96. The summed E-state index contributed by atoms with van der Waals surface area (Å²) in [4.78, 5) is 0. The molecule has 0 radical (unpaired) electrons. The van der Waals surface area contributed by atoms with Gasteiger partial charge >= 0.3 is 0 Å². The minimum atomic E-state index is 0.548. The third-order valence-electron chi connectivity index (χ3n) is 3.71. The molecule has 0 aliphatic heterocycles. The summed E-state index contributed by atoms with van der Waals surface area (Å²) >= 11 is 3.69. The van der Waals surface area contributed by atoms with Crippen molar-refractivity contribution >= 4 is 21.6 Å². The predicted molar refractivity (Wildman–Crippen MR) is 92.8 cm³/mol. The van der Waals surface area contributed by atoms with Crippen molar-refractivity contribution in [3.63, 3.8) is 0 Å². The Hall–Kier alpha value is -1.29. The summed E-state index contributed by atoms with van der Waals surface area (Å²) in [5.74, 6) is 0.548. The van der Waals surface area contributed by atoms with Crippen LogP contribution in [0.2, 0.25) is 0 Å². The van der Waals surface area contributed by atoms with E-state index < -0.39 is 0 Å². The molecule has 1 aromatic heterocycles. The van der Waals surface area contributed by atoms with Gasteiger partial charge in [-0.25, -0.2) is 0 Å². The van der Waals surface area contributed by atoms with Gasteiger partial charge in [-0.15, -0.1) is 0 Å².